The van der Waals surface area contributed by atoms with Gasteiger partial charge in [0.05, 0.1) is 6.61 Å². The summed E-state index contributed by atoms with van der Waals surface area (Å²) in [6.07, 6.45) is 1.79. The highest BCUT2D eigenvalue weighted by molar-refractivity contribution is 5.91. The molecule has 0 unspecified atom stereocenters. The second-order valence-electron chi connectivity index (χ2n) is 7.19. The molecule has 0 aliphatic carbocycles. The van der Waals surface area contributed by atoms with Crippen molar-refractivity contribution in [1.29, 1.82) is 0 Å². The van der Waals surface area contributed by atoms with Crippen LogP contribution in [0.2, 0.25) is 0 Å². The number of likely N-dealkylation sites (tertiary alicyclic amines) is 1. The number of carbonyl (C=O) groups is 1. The maximum absolute atomic E-state index is 13.7. The summed E-state index contributed by atoms with van der Waals surface area (Å²) in [6, 6.07) is 8.25. The van der Waals surface area contributed by atoms with Gasteiger partial charge in [0.1, 0.15) is 0 Å². The van der Waals surface area contributed by atoms with Gasteiger partial charge in [0, 0.05) is 30.4 Å². The molecular formula is C20H22FN5O2. The first-order valence-corrected chi connectivity index (χ1v) is 9.39. The van der Waals surface area contributed by atoms with Crippen LogP contribution in [0.3, 0.4) is 0 Å². The maximum Gasteiger partial charge on any atom is 0.293 e. The van der Waals surface area contributed by atoms with Gasteiger partial charge in [-0.15, -0.1) is 5.10 Å². The number of benzene rings is 1. The standard InChI is InChI=1S/C20H22FN5O2/c1-13-10-14(2)26-20(22-13)23-18(24-26)19(27)25-9-5-6-15(11-25)12-28-17-8-4-3-7-16(17)21/h3-4,7-8,10,15H,5-6,9,11-12H2,1-2H3/t15-/m0/s1. The maximum atomic E-state index is 13.7. The van der Waals surface area contributed by atoms with Crippen LogP contribution < -0.4 is 4.74 Å². The van der Waals surface area contributed by atoms with Crippen LogP contribution >= 0.6 is 0 Å². The molecule has 1 aromatic carbocycles. The topological polar surface area (TPSA) is 72.6 Å². The van der Waals surface area contributed by atoms with E-state index in [1.807, 2.05) is 19.9 Å². The van der Waals surface area contributed by atoms with E-state index in [0.29, 0.717) is 25.5 Å². The van der Waals surface area contributed by atoms with Crippen molar-refractivity contribution in [3.63, 3.8) is 0 Å². The first kappa shape index (κ1) is 18.3. The number of amides is 1. The SMILES string of the molecule is Cc1cc(C)n2nc(C(=O)N3CCC[C@H](COc4ccccc4F)C3)nc2n1. The molecule has 0 bridgehead atoms. The quantitative estimate of drug-likeness (QED) is 0.693. The molecule has 146 valence electrons. The number of aromatic nitrogens is 4. The van der Waals surface area contributed by atoms with Crippen LogP contribution in [0.1, 0.15) is 34.8 Å². The smallest absolute Gasteiger partial charge is 0.293 e. The minimum Gasteiger partial charge on any atom is -0.490 e. The van der Waals surface area contributed by atoms with Crippen molar-refractivity contribution in [2.75, 3.05) is 19.7 Å². The summed E-state index contributed by atoms with van der Waals surface area (Å²) in [7, 11) is 0. The van der Waals surface area contributed by atoms with Crippen molar-refractivity contribution in [3.05, 3.63) is 53.4 Å². The molecule has 2 aromatic heterocycles. The summed E-state index contributed by atoms with van der Waals surface area (Å²) in [6.45, 7) is 5.34. The number of aryl methyl sites for hydroxylation is 2. The molecule has 3 heterocycles. The van der Waals surface area contributed by atoms with E-state index in [2.05, 4.69) is 15.1 Å². The largest absolute Gasteiger partial charge is 0.490 e. The van der Waals surface area contributed by atoms with Gasteiger partial charge in [0.25, 0.3) is 11.7 Å². The molecule has 0 spiro atoms. The summed E-state index contributed by atoms with van der Waals surface area (Å²) in [5.41, 5.74) is 1.71. The van der Waals surface area contributed by atoms with Crippen LogP contribution in [0.4, 0.5) is 4.39 Å². The Kier molecular flexibility index (Phi) is 4.93. The Morgan fingerprint density at radius 1 is 1.29 bits per heavy atom. The fraction of sp³-hybridized carbons (Fsp3) is 0.400. The summed E-state index contributed by atoms with van der Waals surface area (Å²) < 4.78 is 20.9. The highest BCUT2D eigenvalue weighted by Crippen LogP contribution is 2.21. The van der Waals surface area contributed by atoms with E-state index < -0.39 is 0 Å². The van der Waals surface area contributed by atoms with E-state index >= 15 is 0 Å². The lowest BCUT2D eigenvalue weighted by molar-refractivity contribution is 0.0619. The van der Waals surface area contributed by atoms with Crippen molar-refractivity contribution < 1.29 is 13.9 Å². The van der Waals surface area contributed by atoms with Gasteiger partial charge in [-0.2, -0.15) is 4.98 Å². The number of hydrogen-bond donors (Lipinski definition) is 0. The fourth-order valence-corrected chi connectivity index (χ4v) is 3.55. The number of nitrogens with zero attached hydrogens (tertiary/aromatic N) is 5. The average molecular weight is 383 g/mol. The Labute approximate surface area is 162 Å². The van der Waals surface area contributed by atoms with Gasteiger partial charge in [0.15, 0.2) is 11.6 Å². The molecular weight excluding hydrogens is 361 g/mol. The van der Waals surface area contributed by atoms with Crippen LogP contribution in [0.5, 0.6) is 5.75 Å². The van der Waals surface area contributed by atoms with Crippen molar-refractivity contribution in [3.8, 4) is 5.75 Å². The molecule has 1 aliphatic heterocycles. The minimum atomic E-state index is -0.377. The number of carbonyl (C=O) groups excluding carboxylic acids is 1. The van der Waals surface area contributed by atoms with E-state index in [9.17, 15) is 9.18 Å². The van der Waals surface area contributed by atoms with E-state index in [1.54, 1.807) is 27.6 Å². The van der Waals surface area contributed by atoms with E-state index in [1.165, 1.54) is 6.07 Å². The third-order valence-electron chi connectivity index (χ3n) is 4.93. The van der Waals surface area contributed by atoms with Crippen LogP contribution in [-0.2, 0) is 0 Å². The number of para-hydroxylation sites is 1. The van der Waals surface area contributed by atoms with Crippen LogP contribution in [0.15, 0.2) is 30.3 Å². The Bertz CT molecular complexity index is 1020. The zero-order valence-corrected chi connectivity index (χ0v) is 15.9. The molecule has 0 saturated carbocycles. The summed E-state index contributed by atoms with van der Waals surface area (Å²) in [5.74, 6) is 0.368. The number of piperidine rings is 1. The lowest BCUT2D eigenvalue weighted by Gasteiger charge is -2.31. The first-order valence-electron chi connectivity index (χ1n) is 9.39. The van der Waals surface area contributed by atoms with Crippen LogP contribution in [0, 0.1) is 25.6 Å². The molecule has 1 saturated heterocycles. The van der Waals surface area contributed by atoms with Crippen molar-refractivity contribution >= 4 is 11.7 Å². The normalized spacial score (nSPS) is 17.1. The molecule has 0 N–H and O–H groups in total. The molecule has 1 fully saturated rings. The Hall–Kier alpha value is -3.03. The van der Waals surface area contributed by atoms with Gasteiger partial charge in [-0.05, 0) is 44.9 Å². The summed E-state index contributed by atoms with van der Waals surface area (Å²) in [5, 5.41) is 4.33. The molecule has 28 heavy (non-hydrogen) atoms. The van der Waals surface area contributed by atoms with Crippen molar-refractivity contribution in [2.24, 2.45) is 5.92 Å². The number of halogens is 1. The van der Waals surface area contributed by atoms with Crippen molar-refractivity contribution in [1.82, 2.24) is 24.5 Å². The number of hydrogen-bond acceptors (Lipinski definition) is 5. The predicted octanol–water partition coefficient (Wildman–Crippen LogP) is 2.81. The number of rotatable bonds is 4. The lowest BCUT2D eigenvalue weighted by atomic mass is 9.99. The van der Waals surface area contributed by atoms with E-state index in [4.69, 9.17) is 4.74 Å². The zero-order valence-electron chi connectivity index (χ0n) is 15.9. The highest BCUT2D eigenvalue weighted by Gasteiger charge is 2.28. The first-order chi connectivity index (χ1) is 13.5. The third kappa shape index (κ3) is 3.67. The number of fused-ring (bicyclic) bond motifs is 1. The van der Waals surface area contributed by atoms with E-state index in [-0.39, 0.29) is 29.2 Å². The average Bonchev–Trinajstić information content (AvgIpc) is 3.11. The molecule has 8 heteroatoms. The van der Waals surface area contributed by atoms with Crippen LogP contribution in [0.25, 0.3) is 5.78 Å². The van der Waals surface area contributed by atoms with Gasteiger partial charge < -0.3 is 9.64 Å². The zero-order chi connectivity index (χ0) is 19.7. The monoisotopic (exact) mass is 383 g/mol. The summed E-state index contributed by atoms with van der Waals surface area (Å²) >= 11 is 0. The molecule has 4 rings (SSSR count). The summed E-state index contributed by atoms with van der Waals surface area (Å²) in [4.78, 5) is 23.3. The molecule has 1 amide bonds. The highest BCUT2D eigenvalue weighted by atomic mass is 19.1. The molecule has 1 atom stereocenters. The Balaban J connectivity index is 1.45. The molecule has 1 aliphatic rings. The van der Waals surface area contributed by atoms with Crippen molar-refractivity contribution in [2.45, 2.75) is 26.7 Å². The van der Waals surface area contributed by atoms with Gasteiger partial charge in [-0.1, -0.05) is 12.1 Å². The third-order valence-corrected chi connectivity index (χ3v) is 4.93. The second kappa shape index (κ2) is 7.53. The van der Waals surface area contributed by atoms with Crippen LogP contribution in [-0.4, -0.2) is 50.1 Å². The van der Waals surface area contributed by atoms with Gasteiger partial charge >= 0.3 is 0 Å². The molecule has 3 aromatic rings. The Morgan fingerprint density at radius 3 is 2.93 bits per heavy atom. The van der Waals surface area contributed by atoms with Gasteiger partial charge in [-0.3, -0.25) is 4.79 Å². The predicted molar refractivity (Wildman–Crippen MR) is 101 cm³/mol. The fourth-order valence-electron chi connectivity index (χ4n) is 3.55. The minimum absolute atomic E-state index is 0.136. The lowest BCUT2D eigenvalue weighted by Crippen LogP contribution is -2.42. The van der Waals surface area contributed by atoms with E-state index in [0.717, 1.165) is 24.2 Å². The molecule has 7 nitrogen and oxygen atoms in total. The van der Waals surface area contributed by atoms with Gasteiger partial charge in [0.2, 0.25) is 5.82 Å². The molecule has 0 radical (unpaired) electrons. The Morgan fingerprint density at radius 2 is 2.11 bits per heavy atom. The van der Waals surface area contributed by atoms with Gasteiger partial charge in [-0.25, -0.2) is 13.9 Å². The second-order valence-corrected chi connectivity index (χ2v) is 7.19. The number of ether oxygens (including phenoxy) is 1.